The third-order valence-corrected chi connectivity index (χ3v) is 22.0. The van der Waals surface area contributed by atoms with Crippen LogP contribution >= 0.6 is 0 Å². The Kier molecular flexibility index (Phi) is 7.72. The van der Waals surface area contributed by atoms with Gasteiger partial charge in [-0.3, -0.25) is 19.2 Å². The number of Topliss-reactive ketones (excluding diaryl/α,β-unsaturated/α-hetero) is 2. The van der Waals surface area contributed by atoms with Gasteiger partial charge in [-0.15, -0.1) is 0 Å². The highest BCUT2D eigenvalue weighted by atomic mass is 29.3. The van der Waals surface area contributed by atoms with Gasteiger partial charge < -0.3 is 13.9 Å². The second-order valence-electron chi connectivity index (χ2n) is 8.41. The lowest BCUT2D eigenvalue weighted by atomic mass is 10.0. The largest absolute Gasteiger partial charge is 0.419 e. The van der Waals surface area contributed by atoms with Crippen LogP contribution in [0.3, 0.4) is 0 Å². The fourth-order valence-electron chi connectivity index (χ4n) is 3.07. The van der Waals surface area contributed by atoms with Crippen LogP contribution < -0.4 is 0 Å². The first-order chi connectivity index (χ1) is 12.2. The molecule has 0 aromatic rings. The van der Waals surface area contributed by atoms with E-state index in [0.29, 0.717) is 6.42 Å². The lowest BCUT2D eigenvalue weighted by molar-refractivity contribution is -0.259. The molecule has 0 saturated carbocycles. The lowest BCUT2D eigenvalue weighted by Crippen LogP contribution is -2.66. The average molecular weight is 417 g/mol. The van der Waals surface area contributed by atoms with E-state index in [2.05, 4.69) is 26.2 Å². The van der Waals surface area contributed by atoms with E-state index >= 15 is 0 Å². The molecule has 0 bridgehead atoms. The first kappa shape index (κ1) is 23.7. The van der Waals surface area contributed by atoms with Crippen molar-refractivity contribution in [3.05, 3.63) is 0 Å². The van der Waals surface area contributed by atoms with E-state index in [1.807, 2.05) is 0 Å². The first-order valence-electron chi connectivity index (χ1n) is 9.35. The van der Waals surface area contributed by atoms with Gasteiger partial charge in [-0.05, 0) is 33.4 Å². The smallest absolute Gasteiger partial charge is 0.316 e. The van der Waals surface area contributed by atoms with Gasteiger partial charge in [-0.25, -0.2) is 0 Å². The molecule has 1 rings (SSSR count). The molecule has 154 valence electrons. The number of esters is 2. The number of rotatable bonds is 8. The van der Waals surface area contributed by atoms with Crippen molar-refractivity contribution < 1.29 is 33.1 Å². The highest BCUT2D eigenvalue weighted by molar-refractivity contribution is 7.38. The fraction of sp³-hybridized carbons (Fsp3) is 0.778. The molecular formula is C18H32O7Si2. The summed E-state index contributed by atoms with van der Waals surface area (Å²) in [6.45, 7) is 13.2. The molecule has 27 heavy (non-hydrogen) atoms. The third-order valence-electron chi connectivity index (χ3n) is 5.44. The van der Waals surface area contributed by atoms with Crippen LogP contribution in [-0.2, 0) is 33.1 Å². The van der Waals surface area contributed by atoms with Crippen LogP contribution in [0.1, 0.15) is 46.5 Å². The Balaban J connectivity index is 3.18. The van der Waals surface area contributed by atoms with Gasteiger partial charge in [0.1, 0.15) is 30.5 Å². The molecule has 0 aromatic carbocycles. The predicted molar refractivity (Wildman–Crippen MR) is 105 cm³/mol. The van der Waals surface area contributed by atoms with Crippen LogP contribution in [0.4, 0.5) is 0 Å². The molecule has 9 heteroatoms. The SMILES string of the molecule is CCC(OC(=O)CC(C)=O)(OC(=O)CC(C)=O)C1CC[Si](C)(C)[Si](C)(C)O1. The number of carbonyl (C=O) groups is 4. The first-order valence-corrected chi connectivity index (χ1v) is 16.5. The predicted octanol–water partition coefficient (Wildman–Crippen LogP) is 2.92. The quantitative estimate of drug-likeness (QED) is 0.260. The standard InChI is InChI=1S/C18H32O7Si2/c1-8-18(23-16(21)11-13(2)19,24-17(22)12-14(3)20)15-9-10-26(4,5)27(6,7)25-15/h15H,8-12H2,1-7H3. The van der Waals surface area contributed by atoms with Crippen LogP contribution in [0.2, 0.25) is 32.2 Å². The summed E-state index contributed by atoms with van der Waals surface area (Å²) in [5.74, 6) is -3.81. The number of carbonyl (C=O) groups excluding carboxylic acids is 4. The molecule has 1 aliphatic rings. The van der Waals surface area contributed by atoms with Crippen LogP contribution in [0, 0.1) is 0 Å². The van der Waals surface area contributed by atoms with Crippen molar-refractivity contribution in [2.75, 3.05) is 0 Å². The Morgan fingerprint density at radius 3 is 1.74 bits per heavy atom. The van der Waals surface area contributed by atoms with Crippen molar-refractivity contribution in [1.82, 2.24) is 0 Å². The van der Waals surface area contributed by atoms with E-state index in [-0.39, 0.29) is 18.0 Å². The summed E-state index contributed by atoms with van der Waals surface area (Å²) in [5, 5.41) is 0. The molecule has 1 unspecified atom stereocenters. The highest BCUT2D eigenvalue weighted by Crippen LogP contribution is 2.40. The van der Waals surface area contributed by atoms with Crippen molar-refractivity contribution in [3.63, 3.8) is 0 Å². The van der Waals surface area contributed by atoms with Crippen molar-refractivity contribution >= 4 is 38.9 Å². The molecular weight excluding hydrogens is 384 g/mol. The second-order valence-corrected chi connectivity index (χ2v) is 23.6. The summed E-state index contributed by atoms with van der Waals surface area (Å²) in [6, 6.07) is 0.965. The molecule has 1 atom stereocenters. The van der Waals surface area contributed by atoms with Crippen LogP contribution in [0.25, 0.3) is 0 Å². The van der Waals surface area contributed by atoms with Gasteiger partial charge >= 0.3 is 11.9 Å². The van der Waals surface area contributed by atoms with Gasteiger partial charge in [-0.1, -0.05) is 26.1 Å². The molecule has 1 aliphatic heterocycles. The lowest BCUT2D eigenvalue weighted by Gasteiger charge is -2.50. The van der Waals surface area contributed by atoms with Gasteiger partial charge in [0.15, 0.2) is 7.83 Å². The molecule has 0 aliphatic carbocycles. The van der Waals surface area contributed by atoms with Gasteiger partial charge in [0.05, 0.1) is 7.59 Å². The number of hydrogen-bond acceptors (Lipinski definition) is 7. The zero-order valence-electron chi connectivity index (χ0n) is 17.5. The molecule has 0 spiro atoms. The summed E-state index contributed by atoms with van der Waals surface area (Å²) >= 11 is 0. The van der Waals surface area contributed by atoms with Gasteiger partial charge in [0.2, 0.25) is 0 Å². The molecule has 7 nitrogen and oxygen atoms in total. The third kappa shape index (κ3) is 6.08. The monoisotopic (exact) mass is 416 g/mol. The zero-order chi connectivity index (χ0) is 21.0. The minimum absolute atomic E-state index is 0.178. The van der Waals surface area contributed by atoms with Gasteiger partial charge in [0, 0.05) is 6.42 Å². The van der Waals surface area contributed by atoms with Crippen molar-refractivity contribution in [3.8, 4) is 0 Å². The Bertz CT molecular complexity index is 583. The minimum Gasteiger partial charge on any atom is -0.419 e. The number of ether oxygens (including phenoxy) is 2. The maximum atomic E-state index is 12.2. The Morgan fingerprint density at radius 1 is 0.963 bits per heavy atom. The molecule has 0 radical (unpaired) electrons. The molecule has 1 fully saturated rings. The molecule has 0 aromatic heterocycles. The summed E-state index contributed by atoms with van der Waals surface area (Å²) in [4.78, 5) is 47.0. The fourth-order valence-corrected chi connectivity index (χ4v) is 9.60. The van der Waals surface area contributed by atoms with Crippen LogP contribution in [0.15, 0.2) is 0 Å². The Hall–Kier alpha value is -1.33. The molecule has 1 heterocycles. The number of hydrogen-bond donors (Lipinski definition) is 0. The maximum Gasteiger partial charge on any atom is 0.316 e. The van der Waals surface area contributed by atoms with Gasteiger partial charge in [-0.2, -0.15) is 0 Å². The van der Waals surface area contributed by atoms with Gasteiger partial charge in [0.25, 0.3) is 5.79 Å². The van der Waals surface area contributed by atoms with E-state index in [0.717, 1.165) is 6.04 Å². The second kappa shape index (κ2) is 8.79. The normalized spacial score (nSPS) is 21.2. The van der Waals surface area contributed by atoms with Crippen molar-refractivity contribution in [2.24, 2.45) is 0 Å². The Labute approximate surface area is 163 Å². The summed E-state index contributed by atoms with van der Waals surface area (Å²) in [5.41, 5.74) is 0. The van der Waals surface area contributed by atoms with E-state index in [1.54, 1.807) is 6.92 Å². The van der Waals surface area contributed by atoms with E-state index in [1.165, 1.54) is 13.8 Å². The summed E-state index contributed by atoms with van der Waals surface area (Å²) in [6.07, 6.45) is -0.627. The van der Waals surface area contributed by atoms with E-state index < -0.39 is 52.1 Å². The van der Waals surface area contributed by atoms with Crippen molar-refractivity contribution in [1.29, 1.82) is 0 Å². The van der Waals surface area contributed by atoms with Crippen LogP contribution in [0.5, 0.6) is 0 Å². The minimum atomic E-state index is -2.05. The maximum absolute atomic E-state index is 12.2. The topological polar surface area (TPSA) is 96.0 Å². The van der Waals surface area contributed by atoms with Crippen molar-refractivity contribution in [2.45, 2.75) is 90.6 Å². The van der Waals surface area contributed by atoms with E-state index in [4.69, 9.17) is 13.9 Å². The molecule has 0 amide bonds. The zero-order valence-corrected chi connectivity index (χ0v) is 19.5. The van der Waals surface area contributed by atoms with Crippen LogP contribution in [-0.4, -0.2) is 50.8 Å². The summed E-state index contributed by atoms with van der Waals surface area (Å²) < 4.78 is 17.5. The molecule has 1 saturated heterocycles. The average Bonchev–Trinajstić information content (AvgIpc) is 2.47. The highest BCUT2D eigenvalue weighted by Gasteiger charge is 2.55. The number of ketones is 2. The molecule has 0 N–H and O–H groups in total. The van der Waals surface area contributed by atoms with E-state index in [9.17, 15) is 19.2 Å². The summed E-state index contributed by atoms with van der Waals surface area (Å²) in [7, 11) is -3.61. The Morgan fingerprint density at radius 2 is 1.41 bits per heavy atom.